The fraction of sp³-hybridized carbons (Fsp3) is 0.333. The van der Waals surface area contributed by atoms with Gasteiger partial charge in [0.1, 0.15) is 5.75 Å². The van der Waals surface area contributed by atoms with Crippen LogP contribution in [0.25, 0.3) is 0 Å². The minimum absolute atomic E-state index is 0.0113. The third kappa shape index (κ3) is 4.58. The predicted molar refractivity (Wildman–Crippen MR) is 103 cm³/mol. The number of benzene rings is 2. The first-order valence-corrected chi connectivity index (χ1v) is 9.03. The Morgan fingerprint density at radius 3 is 2.26 bits per heavy atom. The minimum atomic E-state index is -0.372. The summed E-state index contributed by atoms with van der Waals surface area (Å²) in [4.78, 5) is 23.8. The van der Waals surface area contributed by atoms with Crippen molar-refractivity contribution < 1.29 is 19.1 Å². The van der Waals surface area contributed by atoms with Crippen LogP contribution in [0.1, 0.15) is 35.7 Å². The van der Waals surface area contributed by atoms with E-state index in [1.165, 1.54) is 5.56 Å². The number of nitrogens with one attached hydrogen (secondary N) is 2. The first-order valence-electron chi connectivity index (χ1n) is 9.03. The molecule has 2 aromatic rings. The molecule has 2 aromatic carbocycles. The van der Waals surface area contributed by atoms with Crippen LogP contribution in [0.5, 0.6) is 5.75 Å². The van der Waals surface area contributed by atoms with Gasteiger partial charge in [-0.3, -0.25) is 0 Å². The quantitative estimate of drug-likeness (QED) is 0.730. The lowest BCUT2D eigenvalue weighted by atomic mass is 9.96. The van der Waals surface area contributed by atoms with Crippen molar-refractivity contribution in [3.63, 3.8) is 0 Å². The van der Waals surface area contributed by atoms with Crippen molar-refractivity contribution in [2.45, 2.75) is 25.2 Å². The smallest absolute Gasteiger partial charge is 0.338 e. The van der Waals surface area contributed by atoms with E-state index in [1.807, 2.05) is 12.1 Å². The molecule has 0 heterocycles. The summed E-state index contributed by atoms with van der Waals surface area (Å²) in [5.74, 6) is 0.454. The molecule has 6 heteroatoms. The Kier molecular flexibility index (Phi) is 5.64. The van der Waals surface area contributed by atoms with Crippen LogP contribution >= 0.6 is 0 Å². The lowest BCUT2D eigenvalue weighted by Gasteiger charge is -2.17. The molecule has 27 heavy (non-hydrogen) atoms. The number of ether oxygens (including phenoxy) is 2. The monoisotopic (exact) mass is 368 g/mol. The summed E-state index contributed by atoms with van der Waals surface area (Å²) in [7, 11) is 1.65. The van der Waals surface area contributed by atoms with Gasteiger partial charge in [-0.15, -0.1) is 0 Å². The average molecular weight is 368 g/mol. The summed E-state index contributed by atoms with van der Waals surface area (Å²) in [5, 5.41) is 5.73. The Labute approximate surface area is 158 Å². The molecule has 0 saturated heterocycles. The van der Waals surface area contributed by atoms with E-state index in [0.29, 0.717) is 24.4 Å². The van der Waals surface area contributed by atoms with Gasteiger partial charge in [-0.25, -0.2) is 9.59 Å². The SMILES string of the molecule is CCOC(=O)c1ccc(NC(=O)NCC2(c3ccc(OC)cc3)CC2)cc1. The molecule has 0 unspecified atom stereocenters. The van der Waals surface area contributed by atoms with Gasteiger partial charge in [-0.2, -0.15) is 0 Å². The minimum Gasteiger partial charge on any atom is -0.497 e. The van der Waals surface area contributed by atoms with E-state index in [9.17, 15) is 9.59 Å². The number of hydrogen-bond donors (Lipinski definition) is 2. The highest BCUT2D eigenvalue weighted by Gasteiger charge is 2.44. The van der Waals surface area contributed by atoms with Crippen molar-refractivity contribution in [3.05, 3.63) is 59.7 Å². The largest absolute Gasteiger partial charge is 0.497 e. The van der Waals surface area contributed by atoms with Crippen LogP contribution in [0.2, 0.25) is 0 Å². The zero-order valence-electron chi connectivity index (χ0n) is 15.6. The van der Waals surface area contributed by atoms with E-state index in [1.54, 1.807) is 38.3 Å². The molecule has 1 fully saturated rings. The highest BCUT2D eigenvalue weighted by Crippen LogP contribution is 2.47. The third-order valence-electron chi connectivity index (χ3n) is 4.80. The second-order valence-corrected chi connectivity index (χ2v) is 6.61. The summed E-state index contributed by atoms with van der Waals surface area (Å²) in [6.45, 7) is 2.67. The summed E-state index contributed by atoms with van der Waals surface area (Å²) in [5.41, 5.74) is 2.30. The Hall–Kier alpha value is -3.02. The number of carbonyl (C=O) groups excluding carboxylic acids is 2. The second-order valence-electron chi connectivity index (χ2n) is 6.61. The van der Waals surface area contributed by atoms with E-state index < -0.39 is 0 Å². The predicted octanol–water partition coefficient (Wildman–Crippen LogP) is 3.73. The van der Waals surface area contributed by atoms with Gasteiger partial charge in [0.15, 0.2) is 0 Å². The van der Waals surface area contributed by atoms with E-state index in [0.717, 1.165) is 18.6 Å². The fourth-order valence-corrected chi connectivity index (χ4v) is 2.99. The van der Waals surface area contributed by atoms with Crippen molar-refractivity contribution in [1.29, 1.82) is 0 Å². The average Bonchev–Trinajstić information content (AvgIpc) is 3.48. The Bertz CT molecular complexity index is 796. The standard InChI is InChI=1S/C21H24N2O4/c1-3-27-19(24)15-4-8-17(9-5-15)23-20(25)22-14-21(12-13-21)16-6-10-18(26-2)11-7-16/h4-11H,3,12-14H2,1-2H3,(H2,22,23,25). The molecule has 0 spiro atoms. The van der Waals surface area contributed by atoms with Gasteiger partial charge in [-0.05, 0) is 61.7 Å². The highest BCUT2D eigenvalue weighted by atomic mass is 16.5. The van der Waals surface area contributed by atoms with Crippen LogP contribution in [0.15, 0.2) is 48.5 Å². The maximum atomic E-state index is 12.2. The summed E-state index contributed by atoms with van der Waals surface area (Å²) in [6.07, 6.45) is 2.10. The van der Waals surface area contributed by atoms with E-state index in [4.69, 9.17) is 9.47 Å². The number of methoxy groups -OCH3 is 1. The topological polar surface area (TPSA) is 76.7 Å². The van der Waals surface area contributed by atoms with Gasteiger partial charge in [0.2, 0.25) is 0 Å². The van der Waals surface area contributed by atoms with Gasteiger partial charge in [-0.1, -0.05) is 12.1 Å². The second kappa shape index (κ2) is 8.12. The Morgan fingerprint density at radius 1 is 1.04 bits per heavy atom. The van der Waals surface area contributed by atoms with Crippen LogP contribution in [-0.2, 0) is 10.2 Å². The van der Waals surface area contributed by atoms with Gasteiger partial charge in [0, 0.05) is 17.6 Å². The lowest BCUT2D eigenvalue weighted by molar-refractivity contribution is 0.0526. The van der Waals surface area contributed by atoms with Gasteiger partial charge < -0.3 is 20.1 Å². The van der Waals surface area contributed by atoms with Gasteiger partial charge in [0.05, 0.1) is 19.3 Å². The number of esters is 1. The molecule has 1 aliphatic rings. The van der Waals surface area contributed by atoms with Crippen LogP contribution in [0, 0.1) is 0 Å². The number of carbonyl (C=O) groups is 2. The zero-order chi connectivity index (χ0) is 19.3. The van der Waals surface area contributed by atoms with Gasteiger partial charge in [0.25, 0.3) is 0 Å². The first-order chi connectivity index (χ1) is 13.1. The molecule has 3 rings (SSSR count). The number of anilines is 1. The molecule has 6 nitrogen and oxygen atoms in total. The molecule has 0 bridgehead atoms. The fourth-order valence-electron chi connectivity index (χ4n) is 2.99. The molecule has 0 aromatic heterocycles. The molecule has 142 valence electrons. The van der Waals surface area contributed by atoms with Crippen LogP contribution in [-0.4, -0.2) is 32.3 Å². The molecule has 1 saturated carbocycles. The van der Waals surface area contributed by atoms with E-state index in [2.05, 4.69) is 22.8 Å². The lowest BCUT2D eigenvalue weighted by Crippen LogP contribution is -2.35. The van der Waals surface area contributed by atoms with Crippen molar-refractivity contribution >= 4 is 17.7 Å². The van der Waals surface area contributed by atoms with Crippen molar-refractivity contribution in [2.75, 3.05) is 25.6 Å². The van der Waals surface area contributed by atoms with E-state index in [-0.39, 0.29) is 17.4 Å². The van der Waals surface area contributed by atoms with Crippen molar-refractivity contribution in [1.82, 2.24) is 5.32 Å². The molecular formula is C21H24N2O4. The third-order valence-corrected chi connectivity index (χ3v) is 4.80. The Balaban J connectivity index is 1.52. The normalized spacial score (nSPS) is 14.1. The number of urea groups is 1. The molecule has 0 atom stereocenters. The van der Waals surface area contributed by atoms with Crippen LogP contribution in [0.4, 0.5) is 10.5 Å². The van der Waals surface area contributed by atoms with Gasteiger partial charge >= 0.3 is 12.0 Å². The molecule has 0 radical (unpaired) electrons. The Morgan fingerprint density at radius 2 is 1.70 bits per heavy atom. The maximum absolute atomic E-state index is 12.2. The van der Waals surface area contributed by atoms with Crippen molar-refractivity contribution in [3.8, 4) is 5.75 Å². The van der Waals surface area contributed by atoms with Crippen molar-refractivity contribution in [2.24, 2.45) is 0 Å². The highest BCUT2D eigenvalue weighted by molar-refractivity contribution is 5.92. The zero-order valence-corrected chi connectivity index (χ0v) is 15.6. The molecule has 0 aliphatic heterocycles. The van der Waals surface area contributed by atoms with E-state index >= 15 is 0 Å². The molecule has 2 N–H and O–H groups in total. The molecule has 1 aliphatic carbocycles. The molecular weight excluding hydrogens is 344 g/mol. The number of hydrogen-bond acceptors (Lipinski definition) is 4. The van der Waals surface area contributed by atoms with Crippen LogP contribution in [0.3, 0.4) is 0 Å². The van der Waals surface area contributed by atoms with Crippen LogP contribution < -0.4 is 15.4 Å². The summed E-state index contributed by atoms with van der Waals surface area (Å²) >= 11 is 0. The molecule has 2 amide bonds. The first kappa shape index (κ1) is 18.8. The number of rotatable bonds is 7. The summed E-state index contributed by atoms with van der Waals surface area (Å²) < 4.78 is 10.1. The summed E-state index contributed by atoms with van der Waals surface area (Å²) in [6, 6.07) is 14.4. The number of amides is 2. The maximum Gasteiger partial charge on any atom is 0.338 e.